The summed E-state index contributed by atoms with van der Waals surface area (Å²) < 4.78 is 1.61. The minimum atomic E-state index is -0.949. The number of nitrogens with zero attached hydrogens (tertiary/aromatic N) is 1. The second-order valence-electron chi connectivity index (χ2n) is 2.76. The van der Waals surface area contributed by atoms with E-state index in [4.69, 9.17) is 10.8 Å². The summed E-state index contributed by atoms with van der Waals surface area (Å²) in [6, 6.07) is 1.49. The summed E-state index contributed by atoms with van der Waals surface area (Å²) in [6.07, 6.45) is 1.33. The predicted octanol–water partition coefficient (Wildman–Crippen LogP) is 0.668. The van der Waals surface area contributed by atoms with Gasteiger partial charge in [-0.25, -0.2) is 0 Å². The number of nitrogen functional groups attached to an aromatic ring is 1. The molecule has 0 fully saturated rings. The highest BCUT2D eigenvalue weighted by molar-refractivity contribution is 9.10. The highest BCUT2D eigenvalue weighted by Crippen LogP contribution is 2.08. The molecule has 3 N–H and O–H groups in total. The Bertz CT molecular complexity index is 414. The van der Waals surface area contributed by atoms with E-state index in [1.807, 2.05) is 0 Å². The fourth-order valence-electron chi connectivity index (χ4n) is 1.00. The number of carbonyl (C=O) groups is 1. The molecule has 0 aliphatic heterocycles. The van der Waals surface area contributed by atoms with Crippen LogP contribution >= 0.6 is 15.9 Å². The standard InChI is InChI=1S/C8H9BrN2O3/c9-6-3-5(10)4-11(8(6)14)2-1-7(12)13/h3-4H,1-2,10H2,(H,12,13). The summed E-state index contributed by atoms with van der Waals surface area (Å²) in [6.45, 7) is 0.123. The molecule has 14 heavy (non-hydrogen) atoms. The van der Waals surface area contributed by atoms with Crippen molar-refractivity contribution in [2.75, 3.05) is 5.73 Å². The lowest BCUT2D eigenvalue weighted by atomic mass is 10.4. The largest absolute Gasteiger partial charge is 0.481 e. The average Bonchev–Trinajstić information content (AvgIpc) is 2.08. The summed E-state index contributed by atoms with van der Waals surface area (Å²) in [5.74, 6) is -0.949. The normalized spacial score (nSPS) is 10.1. The summed E-state index contributed by atoms with van der Waals surface area (Å²) in [5, 5.41) is 8.45. The summed E-state index contributed by atoms with van der Waals surface area (Å²) >= 11 is 3.04. The van der Waals surface area contributed by atoms with Crippen LogP contribution < -0.4 is 11.3 Å². The van der Waals surface area contributed by atoms with E-state index in [-0.39, 0.29) is 18.5 Å². The predicted molar refractivity (Wildman–Crippen MR) is 55.1 cm³/mol. The molecule has 0 atom stereocenters. The minimum Gasteiger partial charge on any atom is -0.481 e. The van der Waals surface area contributed by atoms with Gasteiger partial charge in [0.2, 0.25) is 0 Å². The van der Waals surface area contributed by atoms with Crippen LogP contribution in [0.5, 0.6) is 0 Å². The smallest absolute Gasteiger partial charge is 0.305 e. The minimum absolute atomic E-state index is 0.101. The van der Waals surface area contributed by atoms with Crippen molar-refractivity contribution < 1.29 is 9.90 Å². The number of aromatic nitrogens is 1. The van der Waals surface area contributed by atoms with E-state index in [9.17, 15) is 9.59 Å². The first-order valence-electron chi connectivity index (χ1n) is 3.88. The van der Waals surface area contributed by atoms with Crippen molar-refractivity contribution in [3.63, 3.8) is 0 Å². The van der Waals surface area contributed by atoms with Crippen LogP contribution in [0, 0.1) is 0 Å². The summed E-state index contributed by atoms with van der Waals surface area (Å²) in [4.78, 5) is 21.7. The molecule has 1 aromatic heterocycles. The molecular weight excluding hydrogens is 252 g/mol. The van der Waals surface area contributed by atoms with Crippen molar-refractivity contribution in [2.24, 2.45) is 0 Å². The van der Waals surface area contributed by atoms with Gasteiger partial charge in [-0.15, -0.1) is 0 Å². The quantitative estimate of drug-likeness (QED) is 0.837. The van der Waals surface area contributed by atoms with E-state index in [0.29, 0.717) is 10.2 Å². The maximum absolute atomic E-state index is 11.4. The highest BCUT2D eigenvalue weighted by atomic mass is 79.9. The average molecular weight is 261 g/mol. The third-order valence-electron chi connectivity index (χ3n) is 1.63. The maximum Gasteiger partial charge on any atom is 0.305 e. The molecule has 0 amide bonds. The van der Waals surface area contributed by atoms with Gasteiger partial charge in [0.1, 0.15) is 0 Å². The van der Waals surface area contributed by atoms with Crippen molar-refractivity contribution in [3.8, 4) is 0 Å². The number of halogens is 1. The first-order chi connectivity index (χ1) is 6.50. The second-order valence-corrected chi connectivity index (χ2v) is 3.62. The van der Waals surface area contributed by atoms with Crippen molar-refractivity contribution >= 4 is 27.6 Å². The molecule has 0 unspecified atom stereocenters. The Morgan fingerprint density at radius 3 is 2.86 bits per heavy atom. The Kier molecular flexibility index (Phi) is 3.29. The second kappa shape index (κ2) is 4.28. The zero-order chi connectivity index (χ0) is 10.7. The summed E-state index contributed by atoms with van der Waals surface area (Å²) in [7, 11) is 0. The number of nitrogens with two attached hydrogens (primary N) is 1. The first-order valence-corrected chi connectivity index (χ1v) is 4.67. The molecule has 1 heterocycles. The molecule has 1 aromatic rings. The fraction of sp³-hybridized carbons (Fsp3) is 0.250. The molecule has 0 bridgehead atoms. The molecule has 0 aromatic carbocycles. The Labute approximate surface area is 88.3 Å². The number of hydrogen-bond acceptors (Lipinski definition) is 3. The molecule has 1 rings (SSSR count). The van der Waals surface area contributed by atoms with Crippen molar-refractivity contribution in [1.82, 2.24) is 4.57 Å². The molecule has 0 saturated carbocycles. The van der Waals surface area contributed by atoms with E-state index >= 15 is 0 Å². The number of carboxylic acid groups (broad SMARTS) is 1. The van der Waals surface area contributed by atoms with Crippen molar-refractivity contribution in [3.05, 3.63) is 27.1 Å². The zero-order valence-corrected chi connectivity index (χ0v) is 8.82. The Morgan fingerprint density at radius 2 is 2.29 bits per heavy atom. The topological polar surface area (TPSA) is 85.3 Å². The number of rotatable bonds is 3. The number of anilines is 1. The van der Waals surface area contributed by atoms with Gasteiger partial charge in [0.05, 0.1) is 10.9 Å². The van der Waals surface area contributed by atoms with Crippen LogP contribution in [-0.4, -0.2) is 15.6 Å². The van der Waals surface area contributed by atoms with Gasteiger partial charge in [-0.2, -0.15) is 0 Å². The van der Waals surface area contributed by atoms with Gasteiger partial charge in [-0.3, -0.25) is 9.59 Å². The fourth-order valence-corrected chi connectivity index (χ4v) is 1.50. The van der Waals surface area contributed by atoms with Crippen LogP contribution in [0.15, 0.2) is 21.5 Å². The Hall–Kier alpha value is -1.30. The van der Waals surface area contributed by atoms with Crippen LogP contribution in [0.25, 0.3) is 0 Å². The van der Waals surface area contributed by atoms with Gasteiger partial charge in [0.15, 0.2) is 0 Å². The van der Waals surface area contributed by atoms with E-state index in [2.05, 4.69) is 15.9 Å². The van der Waals surface area contributed by atoms with Gasteiger partial charge in [-0.05, 0) is 22.0 Å². The van der Waals surface area contributed by atoms with Gasteiger partial charge in [-0.1, -0.05) is 0 Å². The molecule has 0 aliphatic carbocycles. The number of aliphatic carboxylic acids is 1. The van der Waals surface area contributed by atoms with Gasteiger partial charge in [0.25, 0.3) is 5.56 Å². The van der Waals surface area contributed by atoms with E-state index < -0.39 is 5.97 Å². The SMILES string of the molecule is Nc1cc(Br)c(=O)n(CCC(=O)O)c1. The van der Waals surface area contributed by atoms with Crippen LogP contribution in [0.2, 0.25) is 0 Å². The molecule has 0 radical (unpaired) electrons. The van der Waals surface area contributed by atoms with Gasteiger partial charge < -0.3 is 15.4 Å². The molecule has 76 valence electrons. The number of hydrogen-bond donors (Lipinski definition) is 2. The molecule has 0 spiro atoms. The number of pyridine rings is 1. The number of carboxylic acids is 1. The van der Waals surface area contributed by atoms with Gasteiger partial charge in [0, 0.05) is 18.4 Å². The van der Waals surface area contributed by atoms with Crippen LogP contribution in [-0.2, 0) is 11.3 Å². The number of aryl methyl sites for hydroxylation is 1. The van der Waals surface area contributed by atoms with Crippen LogP contribution in [0.3, 0.4) is 0 Å². The highest BCUT2D eigenvalue weighted by Gasteiger charge is 2.04. The Balaban J connectivity index is 2.97. The lowest BCUT2D eigenvalue weighted by molar-refractivity contribution is -0.137. The molecule has 0 saturated heterocycles. The maximum atomic E-state index is 11.4. The van der Waals surface area contributed by atoms with Crippen molar-refractivity contribution in [1.29, 1.82) is 0 Å². The third-order valence-corrected chi connectivity index (χ3v) is 2.20. The lowest BCUT2D eigenvalue weighted by Gasteiger charge is -2.05. The molecule has 0 aliphatic rings. The zero-order valence-electron chi connectivity index (χ0n) is 7.24. The van der Waals surface area contributed by atoms with Crippen LogP contribution in [0.1, 0.15) is 6.42 Å². The van der Waals surface area contributed by atoms with Crippen LogP contribution in [0.4, 0.5) is 5.69 Å². The lowest BCUT2D eigenvalue weighted by Crippen LogP contribution is -2.22. The third kappa shape index (κ3) is 2.59. The Morgan fingerprint density at radius 1 is 1.64 bits per heavy atom. The van der Waals surface area contributed by atoms with E-state index in [1.54, 1.807) is 0 Å². The first kappa shape index (κ1) is 10.8. The molecule has 6 heteroatoms. The summed E-state index contributed by atoms with van der Waals surface area (Å²) in [5.41, 5.74) is 5.64. The van der Waals surface area contributed by atoms with Gasteiger partial charge >= 0.3 is 5.97 Å². The molecule has 5 nitrogen and oxygen atoms in total. The monoisotopic (exact) mass is 260 g/mol. The van der Waals surface area contributed by atoms with E-state index in [1.165, 1.54) is 16.8 Å². The molecular formula is C8H9BrN2O3. The van der Waals surface area contributed by atoms with E-state index in [0.717, 1.165) is 0 Å². The van der Waals surface area contributed by atoms with Crippen molar-refractivity contribution in [2.45, 2.75) is 13.0 Å².